The first-order chi connectivity index (χ1) is 16.1. The number of nitrogens with one attached hydrogen (secondary N) is 1. The molecule has 1 aliphatic heterocycles. The second-order valence-corrected chi connectivity index (χ2v) is 7.63. The summed E-state index contributed by atoms with van der Waals surface area (Å²) in [5.41, 5.74) is 6.81. The average molecular weight is 476 g/mol. The van der Waals surface area contributed by atoms with Crippen LogP contribution in [0.15, 0.2) is 53.5 Å². The van der Waals surface area contributed by atoms with Gasteiger partial charge in [-0.2, -0.15) is 18.2 Å². The van der Waals surface area contributed by atoms with Gasteiger partial charge in [-0.1, -0.05) is 24.3 Å². The van der Waals surface area contributed by atoms with Crippen LogP contribution in [0.2, 0.25) is 0 Å². The lowest BCUT2D eigenvalue weighted by molar-refractivity contribution is -0.169. The zero-order valence-electron chi connectivity index (χ0n) is 18.3. The van der Waals surface area contributed by atoms with Crippen LogP contribution in [0.25, 0.3) is 0 Å². The van der Waals surface area contributed by atoms with E-state index in [1.807, 2.05) is 6.07 Å². The SMILES string of the molecule is Cc1cc(C(N)=NC(=O)C(F)(F)F)ccc1C(=O)NCC1COCCN1C(=O)c1ccccc1. The smallest absolute Gasteiger partial charge is 0.383 e. The van der Waals surface area contributed by atoms with Crippen molar-refractivity contribution in [1.29, 1.82) is 0 Å². The van der Waals surface area contributed by atoms with Crippen molar-refractivity contribution in [2.45, 2.75) is 19.1 Å². The number of ether oxygens (including phenoxy) is 1. The molecule has 3 amide bonds. The van der Waals surface area contributed by atoms with Crippen LogP contribution in [0.4, 0.5) is 13.2 Å². The Morgan fingerprint density at radius 3 is 2.50 bits per heavy atom. The van der Waals surface area contributed by atoms with Crippen LogP contribution in [0.3, 0.4) is 0 Å². The molecule has 0 saturated carbocycles. The third kappa shape index (κ3) is 5.98. The van der Waals surface area contributed by atoms with Gasteiger partial charge in [0.25, 0.3) is 11.8 Å². The molecule has 1 atom stereocenters. The summed E-state index contributed by atoms with van der Waals surface area (Å²) in [4.78, 5) is 41.1. The standard InChI is InChI=1S/C23H23F3N4O4/c1-14-11-16(19(27)29-22(33)23(24,25)26)7-8-18(14)20(31)28-12-17-13-34-10-9-30(17)21(32)15-5-3-2-4-6-15/h2-8,11,17H,9-10,12-13H2,1H3,(H,28,31)(H2,27,29,33). The highest BCUT2D eigenvalue weighted by Crippen LogP contribution is 2.18. The molecule has 0 bridgehead atoms. The Morgan fingerprint density at radius 1 is 1.15 bits per heavy atom. The maximum Gasteiger partial charge on any atom is 0.473 e. The summed E-state index contributed by atoms with van der Waals surface area (Å²) in [7, 11) is 0. The fraction of sp³-hybridized carbons (Fsp3) is 0.304. The van der Waals surface area contributed by atoms with E-state index in [9.17, 15) is 27.6 Å². The average Bonchev–Trinajstić information content (AvgIpc) is 2.82. The van der Waals surface area contributed by atoms with Crippen LogP contribution in [0.1, 0.15) is 31.8 Å². The molecule has 1 aliphatic rings. The lowest BCUT2D eigenvalue weighted by Crippen LogP contribution is -2.53. The van der Waals surface area contributed by atoms with E-state index in [0.29, 0.717) is 24.3 Å². The van der Waals surface area contributed by atoms with Gasteiger partial charge in [0.05, 0.1) is 19.3 Å². The van der Waals surface area contributed by atoms with Gasteiger partial charge in [-0.05, 0) is 36.8 Å². The van der Waals surface area contributed by atoms with E-state index in [2.05, 4.69) is 10.3 Å². The van der Waals surface area contributed by atoms with Gasteiger partial charge in [-0.25, -0.2) is 0 Å². The molecule has 1 fully saturated rings. The van der Waals surface area contributed by atoms with Gasteiger partial charge in [0.1, 0.15) is 5.84 Å². The van der Waals surface area contributed by atoms with Gasteiger partial charge < -0.3 is 20.7 Å². The van der Waals surface area contributed by atoms with E-state index in [-0.39, 0.29) is 36.2 Å². The second-order valence-electron chi connectivity index (χ2n) is 7.63. The molecule has 3 rings (SSSR count). The lowest BCUT2D eigenvalue weighted by atomic mass is 10.0. The zero-order valence-corrected chi connectivity index (χ0v) is 18.3. The lowest BCUT2D eigenvalue weighted by Gasteiger charge is -2.35. The minimum Gasteiger partial charge on any atom is -0.383 e. The monoisotopic (exact) mass is 476 g/mol. The number of amides is 3. The number of nitrogens with zero attached hydrogens (tertiary/aromatic N) is 2. The predicted molar refractivity (Wildman–Crippen MR) is 117 cm³/mol. The topological polar surface area (TPSA) is 114 Å². The quantitative estimate of drug-likeness (QED) is 0.507. The van der Waals surface area contributed by atoms with Crippen molar-refractivity contribution in [3.63, 3.8) is 0 Å². The zero-order chi connectivity index (χ0) is 24.9. The Balaban J connectivity index is 1.67. The molecule has 2 aromatic carbocycles. The highest BCUT2D eigenvalue weighted by molar-refractivity contribution is 6.06. The molecular formula is C23H23F3N4O4. The summed E-state index contributed by atoms with van der Waals surface area (Å²) in [5.74, 6) is -3.52. The minimum absolute atomic E-state index is 0.0759. The summed E-state index contributed by atoms with van der Waals surface area (Å²) < 4.78 is 42.6. The van der Waals surface area contributed by atoms with Crippen LogP contribution in [0, 0.1) is 6.92 Å². The number of nitrogens with two attached hydrogens (primary N) is 1. The largest absolute Gasteiger partial charge is 0.473 e. The molecular weight excluding hydrogens is 453 g/mol. The third-order valence-corrected chi connectivity index (χ3v) is 5.24. The van der Waals surface area contributed by atoms with E-state index in [1.54, 1.807) is 36.1 Å². The normalized spacial score (nSPS) is 16.8. The molecule has 1 saturated heterocycles. The maximum absolute atomic E-state index is 12.9. The molecule has 1 heterocycles. The Morgan fingerprint density at radius 2 is 1.85 bits per heavy atom. The second kappa shape index (κ2) is 10.5. The molecule has 1 unspecified atom stereocenters. The van der Waals surface area contributed by atoms with Crippen molar-refractivity contribution in [3.8, 4) is 0 Å². The maximum atomic E-state index is 12.9. The van der Waals surface area contributed by atoms with Gasteiger partial charge >= 0.3 is 12.1 Å². The molecule has 11 heteroatoms. The van der Waals surface area contributed by atoms with Crippen LogP contribution < -0.4 is 11.1 Å². The van der Waals surface area contributed by atoms with Crippen molar-refractivity contribution in [2.75, 3.05) is 26.3 Å². The highest BCUT2D eigenvalue weighted by atomic mass is 19.4. The van der Waals surface area contributed by atoms with Crippen molar-refractivity contribution in [2.24, 2.45) is 10.7 Å². The Kier molecular flexibility index (Phi) is 7.67. The number of hydrogen-bond acceptors (Lipinski definition) is 4. The fourth-order valence-electron chi connectivity index (χ4n) is 3.46. The van der Waals surface area contributed by atoms with Gasteiger partial charge in [0.2, 0.25) is 0 Å². The molecule has 180 valence electrons. The van der Waals surface area contributed by atoms with Crippen molar-refractivity contribution >= 4 is 23.6 Å². The molecule has 0 spiro atoms. The van der Waals surface area contributed by atoms with Crippen molar-refractivity contribution in [1.82, 2.24) is 10.2 Å². The minimum atomic E-state index is -5.13. The number of aliphatic imine (C=N–C) groups is 1. The first-order valence-corrected chi connectivity index (χ1v) is 10.4. The van der Waals surface area contributed by atoms with Crippen LogP contribution >= 0.6 is 0 Å². The number of benzene rings is 2. The number of carbonyl (C=O) groups is 3. The van der Waals surface area contributed by atoms with Crippen molar-refractivity contribution in [3.05, 3.63) is 70.8 Å². The van der Waals surface area contributed by atoms with Gasteiger partial charge in [-0.15, -0.1) is 0 Å². The number of carbonyl (C=O) groups excluding carboxylic acids is 3. The molecule has 0 radical (unpaired) electrons. The Bertz CT molecular complexity index is 1100. The van der Waals surface area contributed by atoms with Crippen LogP contribution in [-0.4, -0.2) is 67.0 Å². The van der Waals surface area contributed by atoms with Crippen molar-refractivity contribution < 1.29 is 32.3 Å². The molecule has 0 aromatic heterocycles. The first-order valence-electron chi connectivity index (χ1n) is 10.4. The first kappa shape index (κ1) is 24.9. The van der Waals surface area contributed by atoms with E-state index in [1.165, 1.54) is 18.2 Å². The summed E-state index contributed by atoms with van der Waals surface area (Å²) >= 11 is 0. The van der Waals surface area contributed by atoms with E-state index >= 15 is 0 Å². The van der Waals surface area contributed by atoms with Crippen LogP contribution in [0.5, 0.6) is 0 Å². The van der Waals surface area contributed by atoms with Gasteiger partial charge in [-0.3, -0.25) is 14.4 Å². The molecule has 3 N–H and O–H groups in total. The van der Waals surface area contributed by atoms with Gasteiger partial charge in [0.15, 0.2) is 0 Å². The summed E-state index contributed by atoms with van der Waals surface area (Å²) in [5, 5.41) is 2.77. The Labute approximate surface area is 193 Å². The summed E-state index contributed by atoms with van der Waals surface area (Å²) in [6.07, 6.45) is -5.13. The van der Waals surface area contributed by atoms with Crippen LogP contribution in [-0.2, 0) is 9.53 Å². The third-order valence-electron chi connectivity index (χ3n) is 5.24. The Hall–Kier alpha value is -3.73. The van der Waals surface area contributed by atoms with E-state index in [4.69, 9.17) is 10.5 Å². The number of aryl methyl sites for hydroxylation is 1. The number of amidine groups is 1. The molecule has 34 heavy (non-hydrogen) atoms. The molecule has 8 nitrogen and oxygen atoms in total. The number of rotatable bonds is 5. The number of halogens is 3. The fourth-order valence-corrected chi connectivity index (χ4v) is 3.46. The van der Waals surface area contributed by atoms with Gasteiger partial charge in [0, 0.05) is 29.8 Å². The molecule has 2 aromatic rings. The van der Waals surface area contributed by atoms with E-state index < -0.39 is 23.8 Å². The predicted octanol–water partition coefficient (Wildman–Crippen LogP) is 2.06. The number of morpholine rings is 1. The molecule has 0 aliphatic carbocycles. The highest BCUT2D eigenvalue weighted by Gasteiger charge is 2.38. The number of hydrogen-bond donors (Lipinski definition) is 2. The summed E-state index contributed by atoms with van der Waals surface area (Å²) in [6, 6.07) is 12.5. The number of alkyl halides is 3. The summed E-state index contributed by atoms with van der Waals surface area (Å²) in [6.45, 7) is 2.76. The van der Waals surface area contributed by atoms with E-state index in [0.717, 1.165) is 0 Å².